The molecule has 2 heterocycles. The first-order valence-corrected chi connectivity index (χ1v) is 7.11. The summed E-state index contributed by atoms with van der Waals surface area (Å²) in [6.07, 6.45) is -3.60. The van der Waals surface area contributed by atoms with Crippen molar-refractivity contribution in [2.24, 2.45) is 10.7 Å². The third-order valence-corrected chi connectivity index (χ3v) is 3.58. The molecule has 0 radical (unpaired) electrons. The van der Waals surface area contributed by atoms with Crippen molar-refractivity contribution in [1.29, 1.82) is 0 Å². The van der Waals surface area contributed by atoms with Gasteiger partial charge in [-0.05, 0) is 24.3 Å². The third kappa shape index (κ3) is 2.90. The predicted octanol–water partition coefficient (Wildman–Crippen LogP) is 1.78. The van der Waals surface area contributed by atoms with Gasteiger partial charge in [-0.2, -0.15) is 18.3 Å². The van der Waals surface area contributed by atoms with Gasteiger partial charge in [-0.3, -0.25) is 9.69 Å². The number of halogens is 3. The van der Waals surface area contributed by atoms with Gasteiger partial charge in [0.1, 0.15) is 11.9 Å². The minimum atomic E-state index is -4.46. The van der Waals surface area contributed by atoms with Crippen molar-refractivity contribution in [2.75, 3.05) is 6.54 Å². The summed E-state index contributed by atoms with van der Waals surface area (Å²) in [5, 5.41) is 4.06. The van der Waals surface area contributed by atoms with Crippen LogP contribution in [0.4, 0.5) is 13.2 Å². The van der Waals surface area contributed by atoms with Gasteiger partial charge < -0.3 is 5.73 Å². The second kappa shape index (κ2) is 5.75. The normalized spacial score (nSPS) is 18.0. The number of nitrogens with two attached hydrogens (primary N) is 1. The van der Waals surface area contributed by atoms with Gasteiger partial charge in [0.2, 0.25) is 5.91 Å². The lowest BCUT2D eigenvalue weighted by Gasteiger charge is -2.17. The number of carbonyl (C=O) groups is 1. The van der Waals surface area contributed by atoms with E-state index in [9.17, 15) is 18.0 Å². The van der Waals surface area contributed by atoms with E-state index in [4.69, 9.17) is 5.73 Å². The van der Waals surface area contributed by atoms with Crippen LogP contribution in [0.3, 0.4) is 0 Å². The lowest BCUT2D eigenvalue weighted by molar-refractivity contribution is -0.137. The van der Waals surface area contributed by atoms with E-state index in [1.54, 1.807) is 6.07 Å². The Kier molecular flexibility index (Phi) is 3.88. The summed E-state index contributed by atoms with van der Waals surface area (Å²) >= 11 is 0. The van der Waals surface area contributed by atoms with E-state index in [-0.39, 0.29) is 18.1 Å². The zero-order valence-corrected chi connectivity index (χ0v) is 12.7. The van der Waals surface area contributed by atoms with Crippen LogP contribution in [-0.4, -0.2) is 39.1 Å². The lowest BCUT2D eigenvalue weighted by atomic mass is 10.2. The molecule has 1 aliphatic rings. The summed E-state index contributed by atoms with van der Waals surface area (Å²) in [4.78, 5) is 17.3. The molecule has 0 fully saturated rings. The van der Waals surface area contributed by atoms with E-state index in [1.807, 2.05) is 0 Å². The Morgan fingerprint density at radius 3 is 2.75 bits per heavy atom. The maximum atomic E-state index is 12.9. The summed E-state index contributed by atoms with van der Waals surface area (Å²) in [7, 11) is 0. The number of alkyl halides is 3. The van der Waals surface area contributed by atoms with Crippen molar-refractivity contribution in [3.63, 3.8) is 0 Å². The van der Waals surface area contributed by atoms with Crippen LogP contribution in [0.25, 0.3) is 5.69 Å². The SMILES string of the molecule is CC(=O)N1CC(N)N=C1c1ccnn1-c1cccc(C(F)(F)F)c1. The molecule has 0 saturated carbocycles. The average molecular weight is 337 g/mol. The lowest BCUT2D eigenvalue weighted by Crippen LogP contribution is -2.36. The fourth-order valence-corrected chi connectivity index (χ4v) is 2.52. The molecule has 1 atom stereocenters. The molecule has 24 heavy (non-hydrogen) atoms. The van der Waals surface area contributed by atoms with Gasteiger partial charge in [0.15, 0.2) is 5.84 Å². The Labute approximate surface area is 135 Å². The molecule has 1 aliphatic heterocycles. The molecule has 2 N–H and O–H groups in total. The molecule has 1 aromatic heterocycles. The van der Waals surface area contributed by atoms with Gasteiger partial charge >= 0.3 is 6.18 Å². The number of amides is 1. The number of nitrogens with zero attached hydrogens (tertiary/aromatic N) is 4. The number of benzene rings is 1. The highest BCUT2D eigenvalue weighted by atomic mass is 19.4. The second-order valence-electron chi connectivity index (χ2n) is 5.33. The molecule has 0 spiro atoms. The van der Waals surface area contributed by atoms with Crippen LogP contribution in [0.5, 0.6) is 0 Å². The van der Waals surface area contributed by atoms with Crippen molar-refractivity contribution < 1.29 is 18.0 Å². The van der Waals surface area contributed by atoms with Crippen LogP contribution >= 0.6 is 0 Å². The largest absolute Gasteiger partial charge is 0.416 e. The zero-order chi connectivity index (χ0) is 17.5. The summed E-state index contributed by atoms with van der Waals surface area (Å²) in [5.74, 6) is 0.0448. The molecule has 126 valence electrons. The highest BCUT2D eigenvalue weighted by molar-refractivity contribution is 6.07. The van der Waals surface area contributed by atoms with Gasteiger partial charge in [-0.1, -0.05) is 6.07 Å². The average Bonchev–Trinajstić information content (AvgIpc) is 3.12. The molecular formula is C15H14F3N5O. The zero-order valence-electron chi connectivity index (χ0n) is 12.7. The minimum Gasteiger partial charge on any atom is -0.308 e. The number of aromatic nitrogens is 2. The maximum absolute atomic E-state index is 12.9. The topological polar surface area (TPSA) is 76.5 Å². The van der Waals surface area contributed by atoms with E-state index >= 15 is 0 Å². The summed E-state index contributed by atoms with van der Waals surface area (Å²) in [6.45, 7) is 1.59. The molecule has 1 amide bonds. The van der Waals surface area contributed by atoms with Gasteiger partial charge in [0.25, 0.3) is 0 Å². The summed E-state index contributed by atoms with van der Waals surface area (Å²) < 4.78 is 40.0. The van der Waals surface area contributed by atoms with Crippen LogP contribution in [0, 0.1) is 0 Å². The van der Waals surface area contributed by atoms with Crippen LogP contribution < -0.4 is 5.73 Å². The van der Waals surface area contributed by atoms with Crippen molar-refractivity contribution in [2.45, 2.75) is 19.3 Å². The van der Waals surface area contributed by atoms with Crippen molar-refractivity contribution >= 4 is 11.7 Å². The van der Waals surface area contributed by atoms with Crippen molar-refractivity contribution in [1.82, 2.24) is 14.7 Å². The van der Waals surface area contributed by atoms with Crippen LogP contribution in [-0.2, 0) is 11.0 Å². The highest BCUT2D eigenvalue weighted by Crippen LogP contribution is 2.30. The Morgan fingerprint density at radius 1 is 1.33 bits per heavy atom. The fraction of sp³-hybridized carbons (Fsp3) is 0.267. The molecule has 2 aromatic rings. The standard InChI is InChI=1S/C15H14F3N5O/c1-9(24)22-8-13(19)21-14(22)12-5-6-20-23(12)11-4-2-3-10(7-11)15(16,17)18/h2-7,13H,8,19H2,1H3. The van der Waals surface area contributed by atoms with Crippen LogP contribution in [0.15, 0.2) is 41.5 Å². The Morgan fingerprint density at radius 2 is 2.08 bits per heavy atom. The first kappa shape index (κ1) is 16.2. The minimum absolute atomic E-state index is 0.219. The predicted molar refractivity (Wildman–Crippen MR) is 80.5 cm³/mol. The Balaban J connectivity index is 2.06. The first-order valence-electron chi connectivity index (χ1n) is 7.11. The van der Waals surface area contributed by atoms with Crippen LogP contribution in [0.1, 0.15) is 18.2 Å². The van der Waals surface area contributed by atoms with Gasteiger partial charge in [-0.15, -0.1) is 0 Å². The molecule has 6 nitrogen and oxygen atoms in total. The smallest absolute Gasteiger partial charge is 0.308 e. The third-order valence-electron chi connectivity index (χ3n) is 3.58. The van der Waals surface area contributed by atoms with Gasteiger partial charge in [0.05, 0.1) is 24.0 Å². The maximum Gasteiger partial charge on any atom is 0.416 e. The molecule has 0 bridgehead atoms. The monoisotopic (exact) mass is 337 g/mol. The molecular weight excluding hydrogens is 323 g/mol. The molecule has 3 rings (SSSR count). The molecule has 0 saturated heterocycles. The molecule has 1 aromatic carbocycles. The first-order chi connectivity index (χ1) is 11.3. The summed E-state index contributed by atoms with van der Waals surface area (Å²) in [6, 6.07) is 6.35. The number of hydrogen-bond acceptors (Lipinski definition) is 4. The van der Waals surface area contributed by atoms with E-state index in [0.717, 1.165) is 12.1 Å². The second-order valence-corrected chi connectivity index (χ2v) is 5.33. The Bertz CT molecular complexity index is 811. The molecule has 1 unspecified atom stereocenters. The van der Waals surface area contributed by atoms with E-state index in [2.05, 4.69) is 10.1 Å². The van der Waals surface area contributed by atoms with Gasteiger partial charge in [0, 0.05) is 6.92 Å². The van der Waals surface area contributed by atoms with E-state index < -0.39 is 17.9 Å². The number of amidine groups is 1. The Hall–Kier alpha value is -2.68. The number of aliphatic imine (C=N–C) groups is 1. The number of hydrogen-bond donors (Lipinski definition) is 1. The van der Waals surface area contributed by atoms with E-state index in [1.165, 1.54) is 34.8 Å². The number of carbonyl (C=O) groups excluding carboxylic acids is 1. The fourth-order valence-electron chi connectivity index (χ4n) is 2.52. The molecule has 0 aliphatic carbocycles. The highest BCUT2D eigenvalue weighted by Gasteiger charge is 2.32. The van der Waals surface area contributed by atoms with E-state index in [0.29, 0.717) is 11.5 Å². The molecule has 9 heteroatoms. The number of rotatable bonds is 2. The van der Waals surface area contributed by atoms with Crippen molar-refractivity contribution in [3.05, 3.63) is 47.8 Å². The van der Waals surface area contributed by atoms with Crippen LogP contribution in [0.2, 0.25) is 0 Å². The van der Waals surface area contributed by atoms with Gasteiger partial charge in [-0.25, -0.2) is 9.67 Å². The summed E-state index contributed by atoms with van der Waals surface area (Å²) in [5.41, 5.74) is 5.61. The van der Waals surface area contributed by atoms with Crippen molar-refractivity contribution in [3.8, 4) is 5.69 Å². The quantitative estimate of drug-likeness (QED) is 0.908.